The molecule has 0 aliphatic carbocycles. The first-order valence-electron chi connectivity index (χ1n) is 8.46. The molecule has 1 aromatic heterocycles. The number of benzene rings is 2. The molecule has 0 spiro atoms. The zero-order chi connectivity index (χ0) is 19.2. The number of hydrogen-bond donors (Lipinski definition) is 0. The molecule has 27 heavy (non-hydrogen) atoms. The van der Waals surface area contributed by atoms with Crippen LogP contribution in [0.1, 0.15) is 22.3 Å². The number of ketones is 1. The van der Waals surface area contributed by atoms with E-state index in [9.17, 15) is 9.59 Å². The number of aromatic nitrogens is 1. The van der Waals surface area contributed by atoms with Gasteiger partial charge in [-0.2, -0.15) is 5.26 Å². The lowest BCUT2D eigenvalue weighted by molar-refractivity contribution is -0.141. The van der Waals surface area contributed by atoms with Crippen LogP contribution in [0.5, 0.6) is 0 Å². The van der Waals surface area contributed by atoms with E-state index in [1.807, 2.05) is 28.8 Å². The van der Waals surface area contributed by atoms with Crippen LogP contribution < -0.4 is 0 Å². The maximum atomic E-state index is 12.6. The molecule has 2 aromatic carbocycles. The van der Waals surface area contributed by atoms with Gasteiger partial charge in [0.2, 0.25) is 5.78 Å². The number of ether oxygens (including phenoxy) is 1. The Morgan fingerprint density at radius 1 is 1.11 bits per heavy atom. The normalized spacial score (nSPS) is 10.5. The minimum absolute atomic E-state index is 0.0778. The van der Waals surface area contributed by atoms with Crippen molar-refractivity contribution in [2.75, 3.05) is 6.61 Å². The Kier molecular flexibility index (Phi) is 5.90. The average molecular weight is 381 g/mol. The molecule has 0 radical (unpaired) electrons. The fourth-order valence-corrected chi connectivity index (χ4v) is 2.99. The van der Waals surface area contributed by atoms with E-state index in [2.05, 4.69) is 6.07 Å². The van der Waals surface area contributed by atoms with Crippen LogP contribution in [0.25, 0.3) is 10.9 Å². The topological polar surface area (TPSA) is 72.1 Å². The predicted molar refractivity (Wildman–Crippen MR) is 103 cm³/mol. The number of fused-ring (bicyclic) bond motifs is 1. The first-order chi connectivity index (χ1) is 13.1. The van der Waals surface area contributed by atoms with Crippen molar-refractivity contribution in [3.8, 4) is 6.07 Å². The summed E-state index contributed by atoms with van der Waals surface area (Å²) in [5.41, 5.74) is 2.14. The summed E-state index contributed by atoms with van der Waals surface area (Å²) in [6.45, 7) is 0.180. The second-order valence-corrected chi connectivity index (χ2v) is 6.48. The molecule has 0 amide bonds. The molecule has 0 N–H and O–H groups in total. The third kappa shape index (κ3) is 4.55. The number of para-hydroxylation sites is 1. The molecular weight excluding hydrogens is 364 g/mol. The minimum atomic E-state index is -0.473. The van der Waals surface area contributed by atoms with Gasteiger partial charge in [0.25, 0.3) is 0 Å². The summed E-state index contributed by atoms with van der Waals surface area (Å²) in [6.07, 6.45) is 2.15. The Labute approximate surface area is 161 Å². The number of rotatable bonds is 7. The fraction of sp³-hybridized carbons (Fsp3) is 0.190. The number of carbonyl (C=O) groups is 2. The van der Waals surface area contributed by atoms with Gasteiger partial charge in [0.1, 0.15) is 0 Å². The van der Waals surface area contributed by atoms with Crippen LogP contribution >= 0.6 is 11.6 Å². The highest BCUT2D eigenvalue weighted by atomic mass is 35.5. The Hall–Kier alpha value is -3.10. The molecule has 1 heterocycles. The number of hydrogen-bond acceptors (Lipinski definition) is 4. The molecule has 3 rings (SSSR count). The van der Waals surface area contributed by atoms with Gasteiger partial charge in [-0.25, -0.2) is 0 Å². The lowest BCUT2D eigenvalue weighted by Crippen LogP contribution is -2.15. The summed E-state index contributed by atoms with van der Waals surface area (Å²) in [4.78, 5) is 24.6. The molecule has 5 nitrogen and oxygen atoms in total. The predicted octanol–water partition coefficient (Wildman–Crippen LogP) is 4.18. The Morgan fingerprint density at radius 3 is 2.59 bits per heavy atom. The summed E-state index contributed by atoms with van der Waals surface area (Å²) in [7, 11) is 0. The first kappa shape index (κ1) is 18.7. The van der Waals surface area contributed by atoms with Crippen molar-refractivity contribution < 1.29 is 14.3 Å². The lowest BCUT2D eigenvalue weighted by atomic mass is 10.1. The van der Waals surface area contributed by atoms with Gasteiger partial charge in [-0.05, 0) is 23.8 Å². The standard InChI is InChI=1S/C21H17ClN2O3/c22-16-8-6-15(7-9-16)12-21(26)27-14-20(25)18-13-24(11-3-10-23)19-5-2-1-4-17(18)19/h1-2,4-9,13H,3,11-12,14H2. The van der Waals surface area contributed by atoms with Gasteiger partial charge in [0.15, 0.2) is 6.61 Å². The third-order valence-corrected chi connectivity index (χ3v) is 4.43. The molecule has 0 aliphatic rings. The van der Waals surface area contributed by atoms with Crippen molar-refractivity contribution in [1.29, 1.82) is 5.26 Å². The van der Waals surface area contributed by atoms with Crippen molar-refractivity contribution in [2.24, 2.45) is 0 Å². The second-order valence-electron chi connectivity index (χ2n) is 6.05. The van der Waals surface area contributed by atoms with Gasteiger partial charge < -0.3 is 9.30 Å². The van der Waals surface area contributed by atoms with Gasteiger partial charge in [-0.3, -0.25) is 9.59 Å². The van der Waals surface area contributed by atoms with E-state index in [1.54, 1.807) is 30.5 Å². The summed E-state index contributed by atoms with van der Waals surface area (Å²) in [5, 5.41) is 10.2. The van der Waals surface area contributed by atoms with Gasteiger partial charge in [0, 0.05) is 34.2 Å². The van der Waals surface area contributed by atoms with Crippen molar-refractivity contribution in [3.63, 3.8) is 0 Å². The van der Waals surface area contributed by atoms with Crippen LogP contribution in [0.15, 0.2) is 54.7 Å². The average Bonchev–Trinajstić information content (AvgIpc) is 3.05. The Morgan fingerprint density at radius 2 is 1.85 bits per heavy atom. The summed E-state index contributed by atoms with van der Waals surface area (Å²) >= 11 is 5.82. The highest BCUT2D eigenvalue weighted by Gasteiger charge is 2.16. The monoisotopic (exact) mass is 380 g/mol. The van der Waals surface area contributed by atoms with Crippen molar-refractivity contribution in [2.45, 2.75) is 19.4 Å². The van der Waals surface area contributed by atoms with E-state index in [-0.39, 0.29) is 18.8 Å². The molecule has 0 saturated carbocycles. The number of carbonyl (C=O) groups excluding carboxylic acids is 2. The van der Waals surface area contributed by atoms with Gasteiger partial charge >= 0.3 is 5.97 Å². The zero-order valence-electron chi connectivity index (χ0n) is 14.5. The second kappa shape index (κ2) is 8.52. The highest BCUT2D eigenvalue weighted by molar-refractivity contribution is 6.30. The Bertz CT molecular complexity index is 1020. The molecule has 0 unspecified atom stereocenters. The van der Waals surface area contributed by atoms with E-state index in [0.717, 1.165) is 16.5 Å². The van der Waals surface area contributed by atoms with Crippen molar-refractivity contribution in [1.82, 2.24) is 4.57 Å². The van der Waals surface area contributed by atoms with Crippen molar-refractivity contribution >= 4 is 34.3 Å². The van der Waals surface area contributed by atoms with E-state index in [4.69, 9.17) is 21.6 Å². The zero-order valence-corrected chi connectivity index (χ0v) is 15.3. The largest absolute Gasteiger partial charge is 0.457 e. The number of nitriles is 1. The van der Waals surface area contributed by atoms with Gasteiger partial charge in [0.05, 0.1) is 18.9 Å². The van der Waals surface area contributed by atoms with Crippen LogP contribution in [0, 0.1) is 11.3 Å². The molecule has 0 saturated heterocycles. The molecule has 0 bridgehead atoms. The number of aryl methyl sites for hydroxylation is 1. The van der Waals surface area contributed by atoms with Crippen LogP contribution in [0.2, 0.25) is 5.02 Å². The van der Waals surface area contributed by atoms with Crippen LogP contribution in [0.3, 0.4) is 0 Å². The van der Waals surface area contributed by atoms with Crippen LogP contribution in [0.4, 0.5) is 0 Å². The molecule has 0 atom stereocenters. The molecule has 136 valence electrons. The van der Waals surface area contributed by atoms with E-state index in [1.165, 1.54) is 0 Å². The summed E-state index contributed by atoms with van der Waals surface area (Å²) in [6, 6.07) is 16.5. The van der Waals surface area contributed by atoms with E-state index in [0.29, 0.717) is 23.6 Å². The van der Waals surface area contributed by atoms with Crippen molar-refractivity contribution in [3.05, 3.63) is 70.9 Å². The number of Topliss-reactive ketones (excluding diaryl/α,β-unsaturated/α-hetero) is 1. The maximum Gasteiger partial charge on any atom is 0.310 e. The fourth-order valence-electron chi connectivity index (χ4n) is 2.87. The molecule has 6 heteroatoms. The molecule has 0 fully saturated rings. The van der Waals surface area contributed by atoms with Crippen LogP contribution in [-0.2, 0) is 22.5 Å². The first-order valence-corrected chi connectivity index (χ1v) is 8.84. The van der Waals surface area contributed by atoms with Gasteiger partial charge in [-0.15, -0.1) is 0 Å². The molecular formula is C21H17ClN2O3. The quantitative estimate of drug-likeness (QED) is 0.455. The molecule has 0 aliphatic heterocycles. The number of esters is 1. The lowest BCUT2D eigenvalue weighted by Gasteiger charge is -2.04. The minimum Gasteiger partial charge on any atom is -0.457 e. The van der Waals surface area contributed by atoms with E-state index >= 15 is 0 Å². The highest BCUT2D eigenvalue weighted by Crippen LogP contribution is 2.22. The van der Waals surface area contributed by atoms with Crippen LogP contribution in [-0.4, -0.2) is 22.9 Å². The molecule has 3 aromatic rings. The smallest absolute Gasteiger partial charge is 0.310 e. The third-order valence-electron chi connectivity index (χ3n) is 4.18. The maximum absolute atomic E-state index is 12.6. The summed E-state index contributed by atoms with van der Waals surface area (Å²) < 4.78 is 7.02. The Balaban J connectivity index is 1.68. The van der Waals surface area contributed by atoms with Gasteiger partial charge in [-0.1, -0.05) is 41.9 Å². The SMILES string of the molecule is N#CCCn1cc(C(=O)COC(=O)Cc2ccc(Cl)cc2)c2ccccc21. The summed E-state index contributed by atoms with van der Waals surface area (Å²) in [5.74, 6) is -0.745. The number of halogens is 1. The number of nitrogens with zero attached hydrogens (tertiary/aromatic N) is 2. The van der Waals surface area contributed by atoms with E-state index < -0.39 is 5.97 Å².